The van der Waals surface area contributed by atoms with Gasteiger partial charge in [0.15, 0.2) is 0 Å². The SMILES string of the molecule is Brc1cccc(-c2ccccc2)c1.c1ccc2cc3ccccc3cc2c1. The lowest BCUT2D eigenvalue weighted by atomic mass is 10.0. The predicted octanol–water partition coefficient (Wildman–Crippen LogP) is 8.11. The van der Waals surface area contributed by atoms with Gasteiger partial charge in [0, 0.05) is 4.47 Å². The fourth-order valence-corrected chi connectivity index (χ4v) is 3.58. The predicted molar refractivity (Wildman–Crippen MR) is 121 cm³/mol. The maximum absolute atomic E-state index is 3.46. The second kappa shape index (κ2) is 8.20. The van der Waals surface area contributed by atoms with E-state index >= 15 is 0 Å². The number of hydrogen-bond acceptors (Lipinski definition) is 0. The zero-order valence-electron chi connectivity index (χ0n) is 14.8. The van der Waals surface area contributed by atoms with E-state index in [9.17, 15) is 0 Å². The van der Waals surface area contributed by atoms with E-state index < -0.39 is 0 Å². The first-order chi connectivity index (χ1) is 13.3. The Hall–Kier alpha value is -2.90. The van der Waals surface area contributed by atoms with E-state index in [1.165, 1.54) is 32.7 Å². The van der Waals surface area contributed by atoms with Crippen LogP contribution in [0.2, 0.25) is 0 Å². The highest BCUT2D eigenvalue weighted by Gasteiger charge is 1.96. The summed E-state index contributed by atoms with van der Waals surface area (Å²) >= 11 is 3.46. The molecule has 0 saturated heterocycles. The molecule has 5 aromatic rings. The van der Waals surface area contributed by atoms with Crippen LogP contribution in [0.15, 0.2) is 120 Å². The normalized spacial score (nSPS) is 10.4. The summed E-state index contributed by atoms with van der Waals surface area (Å²) in [6, 6.07) is 40.1. The Morgan fingerprint density at radius 2 is 0.815 bits per heavy atom. The van der Waals surface area contributed by atoms with Gasteiger partial charge in [-0.2, -0.15) is 0 Å². The Labute approximate surface area is 168 Å². The van der Waals surface area contributed by atoms with Gasteiger partial charge in [-0.3, -0.25) is 0 Å². The molecule has 0 saturated carbocycles. The van der Waals surface area contributed by atoms with E-state index in [-0.39, 0.29) is 0 Å². The molecule has 0 spiro atoms. The van der Waals surface area contributed by atoms with Crippen molar-refractivity contribution in [3.05, 3.63) is 120 Å². The fraction of sp³-hybridized carbons (Fsp3) is 0. The highest BCUT2D eigenvalue weighted by Crippen LogP contribution is 2.23. The monoisotopic (exact) mass is 410 g/mol. The standard InChI is InChI=1S/C14H10.C12H9Br/c1-2-6-12-10-14-8-4-3-7-13(14)9-11(12)5-1;13-12-8-4-7-11(9-12)10-5-2-1-3-6-10/h1-10H;1-9H. The Kier molecular flexibility index (Phi) is 5.32. The van der Waals surface area contributed by atoms with Crippen molar-refractivity contribution in [1.82, 2.24) is 0 Å². The Morgan fingerprint density at radius 3 is 1.30 bits per heavy atom. The van der Waals surface area contributed by atoms with E-state index in [1.54, 1.807) is 0 Å². The van der Waals surface area contributed by atoms with Crippen LogP contribution in [0.4, 0.5) is 0 Å². The van der Waals surface area contributed by atoms with E-state index in [4.69, 9.17) is 0 Å². The van der Waals surface area contributed by atoms with E-state index in [0.29, 0.717) is 0 Å². The molecule has 0 heterocycles. The van der Waals surface area contributed by atoms with Crippen molar-refractivity contribution in [3.8, 4) is 11.1 Å². The summed E-state index contributed by atoms with van der Waals surface area (Å²) in [5.74, 6) is 0. The summed E-state index contributed by atoms with van der Waals surface area (Å²) in [6.07, 6.45) is 0. The molecule has 0 N–H and O–H groups in total. The highest BCUT2D eigenvalue weighted by molar-refractivity contribution is 9.10. The summed E-state index contributed by atoms with van der Waals surface area (Å²) < 4.78 is 1.12. The zero-order chi connectivity index (χ0) is 18.5. The Bertz CT molecular complexity index is 1070. The molecular formula is C26H19Br. The fourth-order valence-electron chi connectivity index (χ4n) is 3.18. The summed E-state index contributed by atoms with van der Waals surface area (Å²) in [4.78, 5) is 0. The van der Waals surface area contributed by atoms with Crippen LogP contribution < -0.4 is 0 Å². The maximum atomic E-state index is 3.46. The van der Waals surface area contributed by atoms with Gasteiger partial charge >= 0.3 is 0 Å². The smallest absolute Gasteiger partial charge is 0.0181 e. The molecule has 0 radical (unpaired) electrons. The molecule has 0 atom stereocenters. The first kappa shape index (κ1) is 17.5. The molecule has 0 fully saturated rings. The van der Waals surface area contributed by atoms with Gasteiger partial charge in [-0.15, -0.1) is 0 Å². The molecule has 0 aromatic heterocycles. The van der Waals surface area contributed by atoms with Crippen molar-refractivity contribution in [2.75, 3.05) is 0 Å². The molecule has 0 unspecified atom stereocenters. The van der Waals surface area contributed by atoms with E-state index in [1.807, 2.05) is 18.2 Å². The minimum Gasteiger partial charge on any atom is -0.0622 e. The van der Waals surface area contributed by atoms with Gasteiger partial charge in [-0.25, -0.2) is 0 Å². The third kappa shape index (κ3) is 4.27. The molecule has 0 nitrogen and oxygen atoms in total. The molecule has 0 bridgehead atoms. The van der Waals surface area contributed by atoms with Crippen molar-refractivity contribution in [3.63, 3.8) is 0 Å². The molecular weight excluding hydrogens is 392 g/mol. The summed E-state index contributed by atoms with van der Waals surface area (Å²) in [5, 5.41) is 5.25. The number of benzene rings is 5. The van der Waals surface area contributed by atoms with Gasteiger partial charge in [0.2, 0.25) is 0 Å². The maximum Gasteiger partial charge on any atom is 0.0181 e. The van der Waals surface area contributed by atoms with E-state index in [2.05, 4.69) is 113 Å². The molecule has 1 heteroatoms. The summed E-state index contributed by atoms with van der Waals surface area (Å²) in [6.45, 7) is 0. The van der Waals surface area contributed by atoms with Gasteiger partial charge in [0.05, 0.1) is 0 Å². The first-order valence-electron chi connectivity index (χ1n) is 8.98. The van der Waals surface area contributed by atoms with Crippen LogP contribution in [0.25, 0.3) is 32.7 Å². The number of halogens is 1. The van der Waals surface area contributed by atoms with Gasteiger partial charge in [0.25, 0.3) is 0 Å². The molecule has 5 rings (SSSR count). The summed E-state index contributed by atoms with van der Waals surface area (Å²) in [7, 11) is 0. The zero-order valence-corrected chi connectivity index (χ0v) is 16.4. The van der Waals surface area contributed by atoms with Gasteiger partial charge in [0.1, 0.15) is 0 Å². The van der Waals surface area contributed by atoms with Crippen LogP contribution in [0.5, 0.6) is 0 Å². The molecule has 130 valence electrons. The van der Waals surface area contributed by atoms with Gasteiger partial charge in [-0.1, -0.05) is 107 Å². The number of fused-ring (bicyclic) bond motifs is 2. The lowest BCUT2D eigenvalue weighted by molar-refractivity contribution is 1.59. The van der Waals surface area contributed by atoms with Crippen LogP contribution in [0.1, 0.15) is 0 Å². The van der Waals surface area contributed by atoms with Crippen LogP contribution in [-0.2, 0) is 0 Å². The number of hydrogen-bond donors (Lipinski definition) is 0. The van der Waals surface area contributed by atoms with Crippen molar-refractivity contribution in [2.24, 2.45) is 0 Å². The largest absolute Gasteiger partial charge is 0.0622 e. The molecule has 27 heavy (non-hydrogen) atoms. The topological polar surface area (TPSA) is 0 Å². The Morgan fingerprint density at radius 1 is 0.370 bits per heavy atom. The highest BCUT2D eigenvalue weighted by atomic mass is 79.9. The molecule has 0 aliphatic heterocycles. The van der Waals surface area contributed by atoms with Gasteiger partial charge < -0.3 is 0 Å². The molecule has 0 amide bonds. The average molecular weight is 411 g/mol. The van der Waals surface area contributed by atoms with Crippen LogP contribution in [0.3, 0.4) is 0 Å². The molecule has 5 aromatic carbocycles. The van der Waals surface area contributed by atoms with Crippen molar-refractivity contribution >= 4 is 37.5 Å². The lowest BCUT2D eigenvalue weighted by Crippen LogP contribution is -1.75. The molecule has 0 aliphatic carbocycles. The second-order valence-electron chi connectivity index (χ2n) is 6.42. The van der Waals surface area contributed by atoms with E-state index in [0.717, 1.165) is 4.47 Å². The Balaban J connectivity index is 0.000000134. The quantitative estimate of drug-likeness (QED) is 0.244. The van der Waals surface area contributed by atoms with Crippen molar-refractivity contribution < 1.29 is 0 Å². The lowest BCUT2D eigenvalue weighted by Gasteiger charge is -2.00. The van der Waals surface area contributed by atoms with Crippen LogP contribution >= 0.6 is 15.9 Å². The van der Waals surface area contributed by atoms with Crippen molar-refractivity contribution in [1.29, 1.82) is 0 Å². The average Bonchev–Trinajstić information content (AvgIpc) is 2.73. The van der Waals surface area contributed by atoms with Crippen molar-refractivity contribution in [2.45, 2.75) is 0 Å². The molecule has 0 aliphatic rings. The number of rotatable bonds is 1. The van der Waals surface area contributed by atoms with Crippen LogP contribution in [-0.4, -0.2) is 0 Å². The van der Waals surface area contributed by atoms with Gasteiger partial charge in [-0.05, 0) is 56.9 Å². The third-order valence-electron chi connectivity index (χ3n) is 4.55. The minimum absolute atomic E-state index is 1.12. The summed E-state index contributed by atoms with van der Waals surface area (Å²) in [5.41, 5.74) is 2.50. The first-order valence-corrected chi connectivity index (χ1v) is 9.77. The minimum atomic E-state index is 1.12. The second-order valence-corrected chi connectivity index (χ2v) is 7.34. The third-order valence-corrected chi connectivity index (χ3v) is 5.04. The van der Waals surface area contributed by atoms with Crippen LogP contribution in [0, 0.1) is 0 Å².